The molecule has 0 saturated carbocycles. The molecule has 0 amide bonds. The molecule has 0 rings (SSSR count). The summed E-state index contributed by atoms with van der Waals surface area (Å²) in [6.07, 6.45) is 1.43. The summed E-state index contributed by atoms with van der Waals surface area (Å²) in [5, 5.41) is 0. The van der Waals surface area contributed by atoms with Crippen LogP contribution < -0.4 is 0 Å². The minimum Gasteiger partial charge on any atom is -0.412 e. The molecule has 1 nitrogen and oxygen atoms in total. The van der Waals surface area contributed by atoms with Crippen LogP contribution in [0.4, 0.5) is 0 Å². The van der Waals surface area contributed by atoms with E-state index in [2.05, 4.69) is 18.8 Å². The zero-order valence-corrected chi connectivity index (χ0v) is 8.98. The van der Waals surface area contributed by atoms with Gasteiger partial charge in [0, 0.05) is 0 Å². The Morgan fingerprint density at radius 2 is 1.75 bits per heavy atom. The van der Waals surface area contributed by atoms with Gasteiger partial charge in [0.15, 0.2) is 0 Å². The fourth-order valence-corrected chi connectivity index (χ4v) is 4.05. The molecule has 0 bridgehead atoms. The first-order chi connectivity index (χ1) is 3.31. The number of hydrogen-bond donors (Lipinski definition) is 0. The first-order valence-electron chi connectivity index (χ1n) is 3.12. The van der Waals surface area contributed by atoms with Gasteiger partial charge in [-0.1, -0.05) is 0 Å². The molecule has 0 aliphatic heterocycles. The molecule has 0 saturated heterocycles. The van der Waals surface area contributed by atoms with Crippen molar-refractivity contribution in [2.75, 3.05) is 0 Å². The van der Waals surface area contributed by atoms with Crippen LogP contribution in [0, 0.1) is 0 Å². The van der Waals surface area contributed by atoms with Gasteiger partial charge >= 0.3 is 53.8 Å². The normalized spacial score (nSPS) is 9.00. The average molecular weight is 224 g/mol. The van der Waals surface area contributed by atoms with E-state index in [1.54, 1.807) is 4.44 Å². The molecule has 51 valence electrons. The Labute approximate surface area is 59.5 Å². The van der Waals surface area contributed by atoms with E-state index in [4.69, 9.17) is 0 Å². The molecule has 1 radical (unpaired) electrons. The Morgan fingerprint density at radius 3 is 1.88 bits per heavy atom. The third-order valence-electron chi connectivity index (χ3n) is 1.28. The van der Waals surface area contributed by atoms with Crippen LogP contribution in [0.25, 0.3) is 0 Å². The van der Waals surface area contributed by atoms with Gasteiger partial charge < -0.3 is 5.48 Å². The maximum absolute atomic E-state index is 2.51. The zero-order chi connectivity index (χ0) is 5.70. The van der Waals surface area contributed by atoms with Gasteiger partial charge in [0.2, 0.25) is 0 Å². The Morgan fingerprint density at radius 1 is 1.25 bits per heavy atom. The van der Waals surface area contributed by atoms with Crippen molar-refractivity contribution in [3.8, 4) is 0 Å². The summed E-state index contributed by atoms with van der Waals surface area (Å²) < 4.78 is 3.13. The van der Waals surface area contributed by atoms with Gasteiger partial charge in [-0.05, 0) is 0 Å². The van der Waals surface area contributed by atoms with Crippen LogP contribution >= 0.6 is 0 Å². The van der Waals surface area contributed by atoms with Crippen LogP contribution in [0.1, 0.15) is 20.3 Å². The van der Waals surface area contributed by atoms with E-state index in [9.17, 15) is 0 Å². The summed E-state index contributed by atoms with van der Waals surface area (Å²) >= 11 is -0.652. The molecule has 0 aromatic rings. The quantitative estimate of drug-likeness (QED) is 0.653. The molecule has 0 atom stereocenters. The van der Waals surface area contributed by atoms with Crippen molar-refractivity contribution in [2.24, 2.45) is 0 Å². The molecular weight excluding hydrogens is 207 g/mol. The van der Waals surface area contributed by atoms with Gasteiger partial charge in [-0.3, -0.25) is 0 Å². The van der Waals surface area contributed by atoms with Crippen molar-refractivity contribution >= 4 is 19.8 Å². The molecule has 2 heteroatoms. The largest absolute Gasteiger partial charge is 0.412 e. The first kappa shape index (κ1) is 11.5. The number of hydrogen-bond acceptors (Lipinski definition) is 0. The fourth-order valence-electron chi connectivity index (χ4n) is 0.604. The standard InChI is InChI=1S/C3H7.C2H5.CH3.H2O.Sn/c1-3-2;1-2;;;/h1,3H2,2H3;1H2,2H3;1H3;1H2;. The zero-order valence-electron chi connectivity index (χ0n) is 6.12. The molecule has 2 N–H and O–H groups in total. The maximum atomic E-state index is 2.51. The van der Waals surface area contributed by atoms with Crippen molar-refractivity contribution in [3.05, 3.63) is 0 Å². The second kappa shape index (κ2) is 7.76. The Bertz CT molecular complexity index is 39.5. The fraction of sp³-hybridized carbons (Fsp3) is 1.00. The van der Waals surface area contributed by atoms with Crippen LogP contribution in [0.2, 0.25) is 13.8 Å². The summed E-state index contributed by atoms with van der Waals surface area (Å²) in [5.74, 6) is 0. The maximum Gasteiger partial charge on any atom is -0.412 e. The van der Waals surface area contributed by atoms with Gasteiger partial charge in [0.25, 0.3) is 0 Å². The van der Waals surface area contributed by atoms with E-state index >= 15 is 0 Å². The van der Waals surface area contributed by atoms with E-state index in [0.717, 1.165) is 0 Å². The molecule has 0 aromatic heterocycles. The summed E-state index contributed by atoms with van der Waals surface area (Å²) in [4.78, 5) is 2.51. The molecule has 0 unspecified atom stereocenters. The average Bonchev–Trinajstić information content (AvgIpc) is 1.68. The summed E-state index contributed by atoms with van der Waals surface area (Å²) in [6.45, 7) is 4.63. The molecule has 0 aromatic carbocycles. The topological polar surface area (TPSA) is 31.5 Å². The monoisotopic (exact) mass is 225 g/mol. The third kappa shape index (κ3) is 6.76. The van der Waals surface area contributed by atoms with Crippen molar-refractivity contribution in [3.63, 3.8) is 0 Å². The van der Waals surface area contributed by atoms with Crippen molar-refractivity contribution in [2.45, 2.75) is 34.1 Å². The van der Waals surface area contributed by atoms with Crippen molar-refractivity contribution in [1.82, 2.24) is 0 Å². The molecule has 0 aliphatic carbocycles. The summed E-state index contributed by atoms with van der Waals surface area (Å²) in [5.41, 5.74) is 0. The van der Waals surface area contributed by atoms with E-state index < -0.39 is 19.8 Å². The summed E-state index contributed by atoms with van der Waals surface area (Å²) in [7, 11) is 0. The molecule has 0 aliphatic rings. The van der Waals surface area contributed by atoms with Crippen LogP contribution in [-0.4, -0.2) is 25.2 Å². The van der Waals surface area contributed by atoms with Crippen LogP contribution in [0.5, 0.6) is 0 Å². The van der Waals surface area contributed by atoms with E-state index in [0.29, 0.717) is 0 Å². The van der Waals surface area contributed by atoms with Crippen molar-refractivity contribution < 1.29 is 5.48 Å². The van der Waals surface area contributed by atoms with Crippen LogP contribution in [0.15, 0.2) is 0 Å². The SMILES string of the molecule is CC[CH2][Sn]([CH3])[CH2]C.O. The van der Waals surface area contributed by atoms with Gasteiger partial charge in [-0.25, -0.2) is 0 Å². The van der Waals surface area contributed by atoms with Gasteiger partial charge in [0.1, 0.15) is 0 Å². The second-order valence-corrected chi connectivity index (χ2v) is 11.0. The van der Waals surface area contributed by atoms with E-state index in [1.165, 1.54) is 10.9 Å². The van der Waals surface area contributed by atoms with E-state index in [-0.39, 0.29) is 5.48 Å². The Balaban J connectivity index is 0. The molecule has 0 fully saturated rings. The summed E-state index contributed by atoms with van der Waals surface area (Å²) in [6, 6.07) is 0. The Kier molecular flexibility index (Phi) is 11.2. The predicted molar refractivity (Wildman–Crippen MR) is 40.8 cm³/mol. The van der Waals surface area contributed by atoms with Gasteiger partial charge in [-0.2, -0.15) is 0 Å². The predicted octanol–water partition coefficient (Wildman–Crippen LogP) is 1.72. The van der Waals surface area contributed by atoms with Crippen LogP contribution in [0.3, 0.4) is 0 Å². The molecular formula is C6H17OSn. The third-order valence-corrected chi connectivity index (χ3v) is 8.59. The van der Waals surface area contributed by atoms with Crippen molar-refractivity contribution in [1.29, 1.82) is 0 Å². The van der Waals surface area contributed by atoms with E-state index in [1.807, 2.05) is 0 Å². The Hall–Kier alpha value is 0.759. The minimum absolute atomic E-state index is 0. The molecule has 0 spiro atoms. The minimum atomic E-state index is -0.652. The smallest absolute Gasteiger partial charge is 0.412 e. The second-order valence-electron chi connectivity index (χ2n) is 2.06. The number of rotatable bonds is 3. The van der Waals surface area contributed by atoms with Gasteiger partial charge in [-0.15, -0.1) is 0 Å². The first-order valence-corrected chi connectivity index (χ1v) is 10.0. The van der Waals surface area contributed by atoms with Gasteiger partial charge in [0.05, 0.1) is 0 Å². The molecule has 8 heavy (non-hydrogen) atoms. The van der Waals surface area contributed by atoms with Crippen LogP contribution in [-0.2, 0) is 0 Å². The molecule has 0 heterocycles.